The van der Waals surface area contributed by atoms with Crippen molar-refractivity contribution in [3.63, 3.8) is 0 Å². The second-order valence-corrected chi connectivity index (χ2v) is 5.95. The molecular weight excluding hydrogens is 262 g/mol. The summed E-state index contributed by atoms with van der Waals surface area (Å²) in [5.74, 6) is 0.0804. The summed E-state index contributed by atoms with van der Waals surface area (Å²) in [7, 11) is 3.98. The second kappa shape index (κ2) is 8.80. The van der Waals surface area contributed by atoms with Gasteiger partial charge in [-0.2, -0.15) is 0 Å². The van der Waals surface area contributed by atoms with Crippen LogP contribution in [0.2, 0.25) is 0 Å². The van der Waals surface area contributed by atoms with E-state index in [0.29, 0.717) is 19.1 Å². The Balaban J connectivity index is 2.65. The van der Waals surface area contributed by atoms with E-state index in [2.05, 4.69) is 54.6 Å². The van der Waals surface area contributed by atoms with Crippen LogP contribution in [0, 0.1) is 5.92 Å². The van der Waals surface area contributed by atoms with Crippen LogP contribution in [0.1, 0.15) is 31.9 Å². The average molecular weight is 291 g/mol. The van der Waals surface area contributed by atoms with Crippen molar-refractivity contribution in [1.82, 2.24) is 15.5 Å². The number of amides is 1. The van der Waals surface area contributed by atoms with Crippen molar-refractivity contribution < 1.29 is 4.79 Å². The average Bonchev–Trinajstić information content (AvgIpc) is 2.46. The van der Waals surface area contributed by atoms with E-state index in [9.17, 15) is 4.79 Å². The van der Waals surface area contributed by atoms with Gasteiger partial charge in [-0.15, -0.1) is 0 Å². The Morgan fingerprint density at radius 3 is 2.38 bits per heavy atom. The highest BCUT2D eigenvalue weighted by atomic mass is 16.1. The van der Waals surface area contributed by atoms with Gasteiger partial charge < -0.3 is 10.6 Å². The van der Waals surface area contributed by atoms with Gasteiger partial charge >= 0.3 is 0 Å². The third-order valence-electron chi connectivity index (χ3n) is 3.83. The van der Waals surface area contributed by atoms with Crippen LogP contribution in [0.4, 0.5) is 0 Å². The molecule has 0 aliphatic heterocycles. The molecule has 0 saturated heterocycles. The monoisotopic (exact) mass is 291 g/mol. The summed E-state index contributed by atoms with van der Waals surface area (Å²) in [6.45, 7) is 8.49. The number of nitrogens with zero attached hydrogens (tertiary/aromatic N) is 1. The normalized spacial score (nSPS) is 12.7. The number of rotatable bonds is 8. The van der Waals surface area contributed by atoms with Gasteiger partial charge in [-0.05, 0) is 39.1 Å². The van der Waals surface area contributed by atoms with Crippen LogP contribution < -0.4 is 10.6 Å². The standard InChI is InChI=1S/C17H29N3O/c1-13(2)20(5)12-16-9-7-6-8-15(16)11-19-17(21)14(3)10-18-4/h6-9,13-14,18H,10-12H2,1-5H3,(H,19,21). The zero-order valence-corrected chi connectivity index (χ0v) is 13.9. The quantitative estimate of drug-likeness (QED) is 0.770. The fraction of sp³-hybridized carbons (Fsp3) is 0.588. The third-order valence-corrected chi connectivity index (χ3v) is 3.83. The maximum absolute atomic E-state index is 12.0. The first-order chi connectivity index (χ1) is 9.95. The molecule has 0 aliphatic carbocycles. The number of carbonyl (C=O) groups is 1. The number of carbonyl (C=O) groups excluding carboxylic acids is 1. The molecule has 0 saturated carbocycles. The molecule has 0 spiro atoms. The largest absolute Gasteiger partial charge is 0.352 e. The van der Waals surface area contributed by atoms with Crippen molar-refractivity contribution >= 4 is 5.91 Å². The zero-order chi connectivity index (χ0) is 15.8. The molecular formula is C17H29N3O. The number of hydrogen-bond acceptors (Lipinski definition) is 3. The lowest BCUT2D eigenvalue weighted by Crippen LogP contribution is -2.34. The number of hydrogen-bond donors (Lipinski definition) is 2. The summed E-state index contributed by atoms with van der Waals surface area (Å²) in [5.41, 5.74) is 2.46. The first-order valence-corrected chi connectivity index (χ1v) is 7.65. The van der Waals surface area contributed by atoms with Gasteiger partial charge in [-0.25, -0.2) is 0 Å². The van der Waals surface area contributed by atoms with Crippen LogP contribution in [-0.2, 0) is 17.9 Å². The molecule has 4 heteroatoms. The Labute approximate surface area is 128 Å². The van der Waals surface area contributed by atoms with Crippen LogP contribution in [0.3, 0.4) is 0 Å². The van der Waals surface area contributed by atoms with Gasteiger partial charge in [-0.3, -0.25) is 9.69 Å². The molecule has 4 nitrogen and oxygen atoms in total. The Morgan fingerprint density at radius 1 is 1.19 bits per heavy atom. The van der Waals surface area contributed by atoms with Gasteiger partial charge in [0.25, 0.3) is 0 Å². The highest BCUT2D eigenvalue weighted by Gasteiger charge is 2.13. The van der Waals surface area contributed by atoms with Gasteiger partial charge in [0, 0.05) is 31.6 Å². The highest BCUT2D eigenvalue weighted by Crippen LogP contribution is 2.12. The molecule has 0 radical (unpaired) electrons. The molecule has 0 fully saturated rings. The molecule has 1 aromatic rings. The van der Waals surface area contributed by atoms with Gasteiger partial charge in [0.15, 0.2) is 0 Å². The minimum atomic E-state index is -0.0134. The predicted octanol–water partition coefficient (Wildman–Crippen LogP) is 2.00. The second-order valence-electron chi connectivity index (χ2n) is 5.95. The number of benzene rings is 1. The molecule has 2 N–H and O–H groups in total. The minimum absolute atomic E-state index is 0.0134. The van der Waals surface area contributed by atoms with Gasteiger partial charge in [0.2, 0.25) is 5.91 Å². The highest BCUT2D eigenvalue weighted by molar-refractivity contribution is 5.78. The molecule has 0 heterocycles. The predicted molar refractivity (Wildman–Crippen MR) is 88.0 cm³/mol. The van der Waals surface area contributed by atoms with E-state index in [1.807, 2.05) is 20.0 Å². The fourth-order valence-electron chi connectivity index (χ4n) is 2.09. The molecule has 21 heavy (non-hydrogen) atoms. The van der Waals surface area contributed by atoms with Gasteiger partial charge in [0.1, 0.15) is 0 Å². The van der Waals surface area contributed by atoms with Crippen molar-refractivity contribution in [3.8, 4) is 0 Å². The molecule has 118 valence electrons. The Hall–Kier alpha value is -1.39. The van der Waals surface area contributed by atoms with E-state index < -0.39 is 0 Å². The molecule has 1 atom stereocenters. The Bertz CT molecular complexity index is 445. The summed E-state index contributed by atoms with van der Waals surface area (Å²) in [4.78, 5) is 14.3. The third kappa shape index (κ3) is 5.86. The molecule has 0 bridgehead atoms. The lowest BCUT2D eigenvalue weighted by atomic mass is 10.1. The number of nitrogens with one attached hydrogen (secondary N) is 2. The molecule has 0 aromatic heterocycles. The van der Waals surface area contributed by atoms with Crippen LogP contribution >= 0.6 is 0 Å². The maximum atomic E-state index is 12.0. The van der Waals surface area contributed by atoms with Gasteiger partial charge in [0.05, 0.1) is 0 Å². The summed E-state index contributed by atoms with van der Waals surface area (Å²) in [6.07, 6.45) is 0. The van der Waals surface area contributed by atoms with Crippen LogP contribution in [-0.4, -0.2) is 37.5 Å². The van der Waals surface area contributed by atoms with Gasteiger partial charge in [-0.1, -0.05) is 31.2 Å². The molecule has 1 amide bonds. The van der Waals surface area contributed by atoms with Crippen molar-refractivity contribution in [1.29, 1.82) is 0 Å². The Kier molecular flexibility index (Phi) is 7.40. The smallest absolute Gasteiger partial charge is 0.224 e. The zero-order valence-electron chi connectivity index (χ0n) is 13.9. The van der Waals surface area contributed by atoms with Crippen molar-refractivity contribution in [2.24, 2.45) is 5.92 Å². The summed E-state index contributed by atoms with van der Waals surface area (Å²) in [5, 5.41) is 6.06. The lowest BCUT2D eigenvalue weighted by Gasteiger charge is -2.22. The summed E-state index contributed by atoms with van der Waals surface area (Å²) < 4.78 is 0. The van der Waals surface area contributed by atoms with Crippen LogP contribution in [0.5, 0.6) is 0 Å². The minimum Gasteiger partial charge on any atom is -0.352 e. The van der Waals surface area contributed by atoms with Crippen molar-refractivity contribution in [3.05, 3.63) is 35.4 Å². The molecule has 1 aromatic carbocycles. The molecule has 0 aliphatic rings. The summed E-state index contributed by atoms with van der Waals surface area (Å²) in [6, 6.07) is 8.81. The first-order valence-electron chi connectivity index (χ1n) is 7.65. The Morgan fingerprint density at radius 2 is 1.81 bits per heavy atom. The molecule has 1 rings (SSSR count). The SMILES string of the molecule is CNCC(C)C(=O)NCc1ccccc1CN(C)C(C)C. The maximum Gasteiger partial charge on any atom is 0.224 e. The van der Waals surface area contributed by atoms with Crippen LogP contribution in [0.25, 0.3) is 0 Å². The molecule has 1 unspecified atom stereocenters. The topological polar surface area (TPSA) is 44.4 Å². The fourth-order valence-corrected chi connectivity index (χ4v) is 2.09. The van der Waals surface area contributed by atoms with E-state index in [1.54, 1.807) is 0 Å². The van der Waals surface area contributed by atoms with E-state index in [-0.39, 0.29) is 11.8 Å². The van der Waals surface area contributed by atoms with E-state index >= 15 is 0 Å². The first kappa shape index (κ1) is 17.7. The van der Waals surface area contributed by atoms with Crippen LogP contribution in [0.15, 0.2) is 24.3 Å². The lowest BCUT2D eigenvalue weighted by molar-refractivity contribution is -0.124. The van der Waals surface area contributed by atoms with E-state index in [0.717, 1.165) is 6.54 Å². The van der Waals surface area contributed by atoms with E-state index in [1.165, 1.54) is 11.1 Å². The van der Waals surface area contributed by atoms with Crippen molar-refractivity contribution in [2.45, 2.75) is 39.9 Å². The van der Waals surface area contributed by atoms with Crippen molar-refractivity contribution in [2.75, 3.05) is 20.6 Å². The van der Waals surface area contributed by atoms with E-state index in [4.69, 9.17) is 0 Å². The summed E-state index contributed by atoms with van der Waals surface area (Å²) >= 11 is 0.